The van der Waals surface area contributed by atoms with Crippen LogP contribution < -0.4 is 0 Å². The van der Waals surface area contributed by atoms with Crippen LogP contribution in [0.25, 0.3) is 0 Å². The van der Waals surface area contributed by atoms with Crippen LogP contribution in [0, 0.1) is 0 Å². The lowest BCUT2D eigenvalue weighted by Gasteiger charge is -2.23. The van der Waals surface area contributed by atoms with E-state index in [9.17, 15) is 24.3 Å². The summed E-state index contributed by atoms with van der Waals surface area (Å²) in [5.41, 5.74) is 0. The number of nitrogens with zero attached hydrogens (tertiary/aromatic N) is 3. The number of hydrogen-bond acceptors (Lipinski definition) is 10. The summed E-state index contributed by atoms with van der Waals surface area (Å²) in [6, 6.07) is 0. The molecule has 13 heteroatoms. The van der Waals surface area contributed by atoms with Crippen molar-refractivity contribution in [2.24, 2.45) is 0 Å². The van der Waals surface area contributed by atoms with E-state index in [0.29, 0.717) is 0 Å². The number of carboxylic acids is 1. The van der Waals surface area contributed by atoms with Crippen molar-refractivity contribution in [1.29, 1.82) is 0 Å². The quantitative estimate of drug-likeness (QED) is 0.462. The number of ether oxygens (including phenoxy) is 4. The van der Waals surface area contributed by atoms with Gasteiger partial charge in [-0.2, -0.15) is 4.98 Å². The van der Waals surface area contributed by atoms with Gasteiger partial charge in [0.1, 0.15) is 12.7 Å². The van der Waals surface area contributed by atoms with Crippen molar-refractivity contribution in [3.63, 3.8) is 0 Å². The Hall–Kier alpha value is -2.54. The summed E-state index contributed by atoms with van der Waals surface area (Å²) in [6.45, 7) is 3.11. The molecule has 1 aliphatic heterocycles. The number of carboxylic acid groups (broad SMARTS) is 1. The Labute approximate surface area is 160 Å². The summed E-state index contributed by atoms with van der Waals surface area (Å²) in [7, 11) is 0. The third-order valence-corrected chi connectivity index (χ3v) is 3.71. The minimum absolute atomic E-state index is 0.0439. The van der Waals surface area contributed by atoms with Gasteiger partial charge in [0, 0.05) is 20.8 Å². The molecule has 1 fully saturated rings. The van der Waals surface area contributed by atoms with Gasteiger partial charge in [0.2, 0.25) is 10.6 Å². The van der Waals surface area contributed by atoms with Crippen LogP contribution >= 0.6 is 15.9 Å². The molecule has 1 N–H and O–H groups in total. The average molecular weight is 450 g/mol. The number of carbonyl (C=O) groups excluding carboxylic acids is 3. The topological polar surface area (TPSA) is 156 Å². The number of hydrogen-bond donors (Lipinski definition) is 1. The minimum atomic E-state index is -1.41. The second-order valence-corrected chi connectivity index (χ2v) is 6.18. The number of rotatable bonds is 6. The lowest BCUT2D eigenvalue weighted by Crippen LogP contribution is -2.41. The molecule has 2 heterocycles. The van der Waals surface area contributed by atoms with E-state index in [4.69, 9.17) is 18.9 Å². The third kappa shape index (κ3) is 5.01. The molecule has 12 nitrogen and oxygen atoms in total. The zero-order valence-corrected chi connectivity index (χ0v) is 16.0. The summed E-state index contributed by atoms with van der Waals surface area (Å²) in [5, 5.41) is 13.2. The zero-order chi connectivity index (χ0) is 20.3. The molecule has 148 valence electrons. The fourth-order valence-electron chi connectivity index (χ4n) is 2.51. The van der Waals surface area contributed by atoms with Crippen LogP contribution in [0.5, 0.6) is 0 Å². The Morgan fingerprint density at radius 2 is 1.70 bits per heavy atom. The Balaban J connectivity index is 2.44. The predicted molar refractivity (Wildman–Crippen MR) is 86.3 cm³/mol. The van der Waals surface area contributed by atoms with Crippen LogP contribution in [0.15, 0.2) is 4.73 Å². The van der Waals surface area contributed by atoms with Crippen LogP contribution in [0.4, 0.5) is 0 Å². The van der Waals surface area contributed by atoms with Gasteiger partial charge in [-0.05, 0) is 15.9 Å². The summed E-state index contributed by atoms with van der Waals surface area (Å²) < 4.78 is 21.8. The van der Waals surface area contributed by atoms with E-state index in [2.05, 4.69) is 26.0 Å². The summed E-state index contributed by atoms with van der Waals surface area (Å²) in [4.78, 5) is 49.2. The van der Waals surface area contributed by atoms with Gasteiger partial charge in [-0.1, -0.05) is 0 Å². The van der Waals surface area contributed by atoms with E-state index in [1.54, 1.807) is 0 Å². The van der Waals surface area contributed by atoms with E-state index in [-0.39, 0.29) is 11.3 Å². The van der Waals surface area contributed by atoms with Gasteiger partial charge in [-0.3, -0.25) is 14.4 Å². The Bertz CT molecular complexity index is 765. The Morgan fingerprint density at radius 1 is 1.11 bits per heavy atom. The van der Waals surface area contributed by atoms with Crippen molar-refractivity contribution in [2.45, 2.75) is 45.3 Å². The van der Waals surface area contributed by atoms with Gasteiger partial charge in [0.15, 0.2) is 18.4 Å². The molecule has 27 heavy (non-hydrogen) atoms. The first-order chi connectivity index (χ1) is 12.6. The maximum atomic E-state index is 11.5. The number of aromatic carboxylic acids is 1. The first kappa shape index (κ1) is 20.8. The van der Waals surface area contributed by atoms with Crippen LogP contribution in [0.3, 0.4) is 0 Å². The summed E-state index contributed by atoms with van der Waals surface area (Å²) in [6.07, 6.45) is -4.74. The SMILES string of the molecule is CC(=O)OC[C@H]1O[C@@H](n2nc(Br)nc2C(=O)O)[C@H](OC(C)=O)[C@@H]1OC(C)=O. The second kappa shape index (κ2) is 8.43. The first-order valence-electron chi connectivity index (χ1n) is 7.58. The monoisotopic (exact) mass is 449 g/mol. The Kier molecular flexibility index (Phi) is 6.49. The van der Waals surface area contributed by atoms with Crippen molar-refractivity contribution in [3.05, 3.63) is 10.6 Å². The molecule has 0 aromatic carbocycles. The molecule has 2 rings (SSSR count). The van der Waals surface area contributed by atoms with E-state index >= 15 is 0 Å². The molecule has 0 unspecified atom stereocenters. The van der Waals surface area contributed by atoms with Gasteiger partial charge in [0.05, 0.1) is 0 Å². The third-order valence-electron chi connectivity index (χ3n) is 3.38. The van der Waals surface area contributed by atoms with Gasteiger partial charge in [-0.15, -0.1) is 5.10 Å². The number of carbonyl (C=O) groups is 4. The number of esters is 3. The van der Waals surface area contributed by atoms with E-state index in [1.165, 1.54) is 6.92 Å². The highest BCUT2D eigenvalue weighted by molar-refractivity contribution is 9.10. The fourth-order valence-corrected chi connectivity index (χ4v) is 2.85. The predicted octanol–water partition coefficient (Wildman–Crippen LogP) is 0.0627. The molecule has 1 aliphatic rings. The number of halogens is 1. The molecule has 0 radical (unpaired) electrons. The molecule has 0 amide bonds. The summed E-state index contributed by atoms with van der Waals surface area (Å²) >= 11 is 2.97. The largest absolute Gasteiger partial charge is 0.475 e. The van der Waals surface area contributed by atoms with Crippen LogP contribution in [-0.4, -0.2) is 68.7 Å². The first-order valence-corrected chi connectivity index (χ1v) is 8.38. The van der Waals surface area contributed by atoms with E-state index in [0.717, 1.165) is 18.5 Å². The lowest BCUT2D eigenvalue weighted by atomic mass is 10.1. The highest BCUT2D eigenvalue weighted by Crippen LogP contribution is 2.35. The standard InChI is InChI=1S/C14H16BrN3O9/c1-5(19)24-4-8-9(25-6(2)20)10(26-7(3)21)12(27-8)18-11(13(22)23)16-14(15)17-18/h8-10,12H,4H2,1-3H3,(H,22,23)/t8-,9-,10-,12-/m1/s1. The molecule has 0 spiro atoms. The van der Waals surface area contributed by atoms with Crippen molar-refractivity contribution >= 4 is 39.8 Å². The minimum Gasteiger partial charge on any atom is -0.475 e. The van der Waals surface area contributed by atoms with E-state index < -0.39 is 54.2 Å². The molecule has 0 aliphatic carbocycles. The van der Waals surface area contributed by atoms with Crippen LogP contribution in [0.1, 0.15) is 37.6 Å². The lowest BCUT2D eigenvalue weighted by molar-refractivity contribution is -0.166. The van der Waals surface area contributed by atoms with Crippen molar-refractivity contribution < 1.29 is 43.2 Å². The maximum absolute atomic E-state index is 11.5. The molecule has 0 bridgehead atoms. The number of aromatic nitrogens is 3. The van der Waals surface area contributed by atoms with E-state index in [1.807, 2.05) is 0 Å². The van der Waals surface area contributed by atoms with Gasteiger partial charge >= 0.3 is 23.9 Å². The average Bonchev–Trinajstić information content (AvgIpc) is 3.06. The molecule has 4 atom stereocenters. The fraction of sp³-hybridized carbons (Fsp3) is 0.571. The van der Waals surface area contributed by atoms with Crippen molar-refractivity contribution in [2.75, 3.05) is 6.61 Å². The molecular weight excluding hydrogens is 434 g/mol. The van der Waals surface area contributed by atoms with Crippen molar-refractivity contribution in [1.82, 2.24) is 14.8 Å². The maximum Gasteiger partial charge on any atom is 0.373 e. The van der Waals surface area contributed by atoms with Gasteiger partial charge in [0.25, 0.3) is 0 Å². The molecule has 1 aromatic heterocycles. The highest BCUT2D eigenvalue weighted by Gasteiger charge is 2.52. The second-order valence-electron chi connectivity index (χ2n) is 5.47. The Morgan fingerprint density at radius 3 is 2.22 bits per heavy atom. The zero-order valence-electron chi connectivity index (χ0n) is 14.4. The molecule has 0 saturated carbocycles. The normalized spacial score (nSPS) is 24.3. The highest BCUT2D eigenvalue weighted by atomic mass is 79.9. The van der Waals surface area contributed by atoms with Crippen molar-refractivity contribution in [3.8, 4) is 0 Å². The molecular formula is C14H16BrN3O9. The van der Waals surface area contributed by atoms with Gasteiger partial charge < -0.3 is 24.1 Å². The molecule has 1 aromatic rings. The summed E-state index contributed by atoms with van der Waals surface area (Å²) in [5.74, 6) is -3.95. The van der Waals surface area contributed by atoms with Crippen LogP contribution in [0.2, 0.25) is 0 Å². The molecule has 1 saturated heterocycles. The smallest absolute Gasteiger partial charge is 0.373 e. The van der Waals surface area contributed by atoms with Crippen LogP contribution in [-0.2, 0) is 33.3 Å². The van der Waals surface area contributed by atoms with Gasteiger partial charge in [-0.25, -0.2) is 9.48 Å².